The number of imide groups is 1. The van der Waals surface area contributed by atoms with Crippen molar-refractivity contribution in [2.75, 3.05) is 19.0 Å². The van der Waals surface area contributed by atoms with Crippen molar-refractivity contribution >= 4 is 29.4 Å². The Balaban J connectivity index is 1.19. The number of benzene rings is 3. The summed E-state index contributed by atoms with van der Waals surface area (Å²) < 4.78 is 10.3. The Morgan fingerprint density at radius 1 is 0.816 bits per heavy atom. The number of nitrogens with zero attached hydrogens (tertiary/aromatic N) is 1. The average molecular weight is 511 g/mol. The van der Waals surface area contributed by atoms with Crippen molar-refractivity contribution in [2.45, 2.75) is 24.8 Å². The van der Waals surface area contributed by atoms with E-state index in [1.807, 2.05) is 48.5 Å². The topological polar surface area (TPSA) is 102 Å². The number of carbonyl (C=O) groups is 4. The Hall–Kier alpha value is -4.46. The highest BCUT2D eigenvalue weighted by molar-refractivity contribution is 6.10. The molecular weight excluding hydrogens is 484 g/mol. The Kier molecular flexibility index (Phi) is 5.75. The van der Waals surface area contributed by atoms with Crippen LogP contribution in [-0.2, 0) is 23.9 Å². The number of ether oxygens (including phenoxy) is 2. The third-order valence-electron chi connectivity index (χ3n) is 7.93. The third-order valence-corrected chi connectivity index (χ3v) is 7.93. The molecule has 0 spiro atoms. The molecule has 0 unspecified atom stereocenters. The smallest absolute Gasteiger partial charge is 0.329 e. The zero-order valence-corrected chi connectivity index (χ0v) is 20.9. The van der Waals surface area contributed by atoms with E-state index in [9.17, 15) is 19.2 Å². The van der Waals surface area contributed by atoms with Gasteiger partial charge in [0.25, 0.3) is 5.91 Å². The molecule has 4 aliphatic rings. The normalized spacial score (nSPS) is 23.3. The summed E-state index contributed by atoms with van der Waals surface area (Å²) in [4.78, 5) is 53.8. The van der Waals surface area contributed by atoms with E-state index < -0.39 is 36.4 Å². The number of rotatable bonds is 6. The van der Waals surface area contributed by atoms with E-state index in [0.717, 1.165) is 27.2 Å². The van der Waals surface area contributed by atoms with Gasteiger partial charge < -0.3 is 14.8 Å². The molecule has 1 saturated heterocycles. The predicted octanol–water partition coefficient (Wildman–Crippen LogP) is 3.46. The summed E-state index contributed by atoms with van der Waals surface area (Å²) in [5, 5.41) is 2.64. The summed E-state index contributed by atoms with van der Waals surface area (Å²) >= 11 is 0. The van der Waals surface area contributed by atoms with Crippen LogP contribution in [0.25, 0.3) is 0 Å². The predicted molar refractivity (Wildman–Crippen MR) is 137 cm³/mol. The molecule has 1 fully saturated rings. The molecule has 3 aliphatic carbocycles. The van der Waals surface area contributed by atoms with Crippen molar-refractivity contribution in [3.05, 3.63) is 95.1 Å². The first kappa shape index (κ1) is 23.9. The maximum absolute atomic E-state index is 13.7. The largest absolute Gasteiger partial charge is 0.497 e. The molecule has 1 heterocycles. The minimum Gasteiger partial charge on any atom is -0.497 e. The second-order valence-electron chi connectivity index (χ2n) is 9.87. The van der Waals surface area contributed by atoms with Crippen LogP contribution in [0.5, 0.6) is 5.75 Å². The lowest BCUT2D eigenvalue weighted by atomic mass is 9.55. The first-order chi connectivity index (χ1) is 18.4. The second-order valence-corrected chi connectivity index (χ2v) is 9.87. The standard InChI is InChI=1S/C30H26N2O6/c1-16(30(36)38-15-23(33)31-17-11-13-18(37-2)14-12-17)32-28(34)26-24-19-7-3-4-8-20(19)25(27(26)29(32)35)22-10-6-5-9-21(22)24/h3-14,16,24-27H,15H2,1-2H3,(H,31,33)/t16-,24?,25?,26+,27+/m0/s1. The summed E-state index contributed by atoms with van der Waals surface area (Å²) in [6.07, 6.45) is 0. The van der Waals surface area contributed by atoms with Crippen molar-refractivity contribution in [1.29, 1.82) is 0 Å². The van der Waals surface area contributed by atoms with Crippen LogP contribution in [0.3, 0.4) is 0 Å². The molecule has 3 aromatic rings. The fraction of sp³-hybridized carbons (Fsp3) is 0.267. The van der Waals surface area contributed by atoms with Crippen molar-refractivity contribution in [3.8, 4) is 5.75 Å². The zero-order chi connectivity index (χ0) is 26.6. The van der Waals surface area contributed by atoms with Gasteiger partial charge in [0.05, 0.1) is 18.9 Å². The number of hydrogen-bond donors (Lipinski definition) is 1. The van der Waals surface area contributed by atoms with Gasteiger partial charge in [0.15, 0.2) is 6.61 Å². The van der Waals surface area contributed by atoms with Gasteiger partial charge in [-0.15, -0.1) is 0 Å². The van der Waals surface area contributed by atoms with Crippen molar-refractivity contribution in [2.24, 2.45) is 11.8 Å². The molecule has 3 amide bonds. The molecule has 38 heavy (non-hydrogen) atoms. The summed E-state index contributed by atoms with van der Waals surface area (Å²) in [5.74, 6) is -3.10. The van der Waals surface area contributed by atoms with Crippen LogP contribution < -0.4 is 10.1 Å². The first-order valence-corrected chi connectivity index (χ1v) is 12.6. The van der Waals surface area contributed by atoms with E-state index in [1.165, 1.54) is 6.92 Å². The second kappa shape index (κ2) is 9.13. The van der Waals surface area contributed by atoms with Gasteiger partial charge >= 0.3 is 5.97 Å². The number of nitrogens with one attached hydrogen (secondary N) is 1. The van der Waals surface area contributed by atoms with Gasteiger partial charge in [0, 0.05) is 17.5 Å². The highest BCUT2D eigenvalue weighted by Crippen LogP contribution is 2.61. The fourth-order valence-electron chi connectivity index (χ4n) is 6.32. The van der Waals surface area contributed by atoms with Crippen LogP contribution in [0, 0.1) is 11.8 Å². The molecule has 1 aliphatic heterocycles. The van der Waals surface area contributed by atoms with Crippen LogP contribution in [0.15, 0.2) is 72.8 Å². The molecule has 2 bridgehead atoms. The monoisotopic (exact) mass is 510 g/mol. The minimum absolute atomic E-state index is 0.252. The Labute approximate surface area is 219 Å². The third kappa shape index (κ3) is 3.59. The van der Waals surface area contributed by atoms with Crippen LogP contribution in [-0.4, -0.2) is 48.3 Å². The van der Waals surface area contributed by atoms with Crippen LogP contribution in [0.4, 0.5) is 5.69 Å². The van der Waals surface area contributed by atoms with Crippen LogP contribution in [0.1, 0.15) is 41.0 Å². The maximum Gasteiger partial charge on any atom is 0.329 e. The lowest BCUT2D eigenvalue weighted by Crippen LogP contribution is -2.45. The van der Waals surface area contributed by atoms with Gasteiger partial charge in [-0.2, -0.15) is 0 Å². The number of methoxy groups -OCH3 is 1. The number of carbonyl (C=O) groups excluding carboxylic acids is 4. The number of likely N-dealkylation sites (tertiary alicyclic amines) is 1. The number of amides is 3. The molecule has 8 heteroatoms. The van der Waals surface area contributed by atoms with Crippen molar-refractivity contribution in [3.63, 3.8) is 0 Å². The van der Waals surface area contributed by atoms with Gasteiger partial charge in [-0.05, 0) is 53.4 Å². The van der Waals surface area contributed by atoms with Crippen molar-refractivity contribution in [1.82, 2.24) is 4.90 Å². The quantitative estimate of drug-likeness (QED) is 0.403. The number of esters is 1. The summed E-state index contributed by atoms with van der Waals surface area (Å²) in [7, 11) is 1.54. The van der Waals surface area contributed by atoms with E-state index in [2.05, 4.69) is 5.32 Å². The molecule has 0 saturated carbocycles. The van der Waals surface area contributed by atoms with Crippen LogP contribution in [0.2, 0.25) is 0 Å². The summed E-state index contributed by atoms with van der Waals surface area (Å²) in [6.45, 7) is 0.930. The van der Waals surface area contributed by atoms with E-state index in [4.69, 9.17) is 9.47 Å². The first-order valence-electron chi connectivity index (χ1n) is 12.6. The summed E-state index contributed by atoms with van der Waals surface area (Å²) in [5.41, 5.74) is 4.76. The Morgan fingerprint density at radius 2 is 1.29 bits per heavy atom. The van der Waals surface area contributed by atoms with E-state index in [1.54, 1.807) is 31.4 Å². The van der Waals surface area contributed by atoms with E-state index >= 15 is 0 Å². The molecule has 192 valence electrons. The number of anilines is 1. The van der Waals surface area contributed by atoms with E-state index in [-0.39, 0.29) is 23.7 Å². The van der Waals surface area contributed by atoms with Crippen molar-refractivity contribution < 1.29 is 28.7 Å². The maximum atomic E-state index is 13.7. The molecule has 1 N–H and O–H groups in total. The van der Waals surface area contributed by atoms with Gasteiger partial charge in [-0.25, -0.2) is 4.79 Å². The average Bonchev–Trinajstić information content (AvgIpc) is 3.21. The molecule has 7 rings (SSSR count). The van der Waals surface area contributed by atoms with E-state index in [0.29, 0.717) is 11.4 Å². The van der Waals surface area contributed by atoms with Gasteiger partial charge in [0.1, 0.15) is 11.8 Å². The molecule has 3 atom stereocenters. The molecule has 8 nitrogen and oxygen atoms in total. The highest BCUT2D eigenvalue weighted by Gasteiger charge is 2.62. The molecule has 0 aromatic heterocycles. The molecular formula is C30H26N2O6. The Morgan fingerprint density at radius 3 is 1.74 bits per heavy atom. The molecule has 0 radical (unpaired) electrons. The lowest BCUT2D eigenvalue weighted by Gasteiger charge is -2.45. The number of hydrogen-bond acceptors (Lipinski definition) is 6. The van der Waals surface area contributed by atoms with Gasteiger partial charge in [-0.3, -0.25) is 19.3 Å². The molecule has 3 aromatic carbocycles. The summed E-state index contributed by atoms with van der Waals surface area (Å²) in [6, 6.07) is 21.5. The Bertz CT molecular complexity index is 1350. The minimum atomic E-state index is -1.15. The van der Waals surface area contributed by atoms with Crippen LogP contribution >= 0.6 is 0 Å². The lowest BCUT2D eigenvalue weighted by molar-refractivity contribution is -0.159. The zero-order valence-electron chi connectivity index (χ0n) is 20.9. The highest BCUT2D eigenvalue weighted by atomic mass is 16.5. The SMILES string of the molecule is COc1ccc(NC(=O)COC(=O)[C@H](C)N2C(=O)[C@@H]3C4c5ccccc5C(c5ccccc54)[C@H]3C2=O)cc1. The fourth-order valence-corrected chi connectivity index (χ4v) is 6.32. The van der Waals surface area contributed by atoms with Gasteiger partial charge in [0.2, 0.25) is 11.8 Å². The van der Waals surface area contributed by atoms with Gasteiger partial charge in [-0.1, -0.05) is 48.5 Å².